The van der Waals surface area contributed by atoms with Crippen LogP contribution in [0.3, 0.4) is 0 Å². The number of carbonyl (C=O) groups excluding carboxylic acids is 2. The Morgan fingerprint density at radius 2 is 1.87 bits per heavy atom. The van der Waals surface area contributed by atoms with E-state index < -0.39 is 0 Å². The molecule has 0 bridgehead atoms. The minimum atomic E-state index is -0.382. The molecule has 6 nitrogen and oxygen atoms in total. The second-order valence-corrected chi connectivity index (χ2v) is 7.56. The molecule has 0 N–H and O–H groups in total. The SMILES string of the molecule is CCOC(=O)Cn1c(=NC(=O)c2cccc3ccccc23)sc2cc(OC)ccc21. The van der Waals surface area contributed by atoms with Crippen LogP contribution in [0.4, 0.5) is 0 Å². The summed E-state index contributed by atoms with van der Waals surface area (Å²) in [4.78, 5) is 30.1. The summed E-state index contributed by atoms with van der Waals surface area (Å²) in [5.74, 6) is -0.0472. The standard InChI is InChI=1S/C23H20N2O4S/c1-3-29-21(26)14-25-19-12-11-16(28-2)13-20(19)30-23(25)24-22(27)18-10-6-8-15-7-4-5-9-17(15)18/h4-13H,3,14H2,1-2H3. The fourth-order valence-electron chi connectivity index (χ4n) is 3.31. The summed E-state index contributed by atoms with van der Waals surface area (Å²) in [6.07, 6.45) is 0. The van der Waals surface area contributed by atoms with Crippen LogP contribution in [0.25, 0.3) is 21.0 Å². The second-order valence-electron chi connectivity index (χ2n) is 6.55. The Bertz CT molecular complexity index is 1310. The Morgan fingerprint density at radius 3 is 2.67 bits per heavy atom. The zero-order chi connectivity index (χ0) is 21.1. The predicted molar refractivity (Wildman–Crippen MR) is 117 cm³/mol. The molecule has 0 saturated carbocycles. The maximum Gasteiger partial charge on any atom is 0.326 e. The molecular formula is C23H20N2O4S. The molecule has 0 unspecified atom stereocenters. The lowest BCUT2D eigenvalue weighted by Gasteiger charge is -2.06. The van der Waals surface area contributed by atoms with E-state index in [1.807, 2.05) is 54.6 Å². The smallest absolute Gasteiger partial charge is 0.326 e. The number of methoxy groups -OCH3 is 1. The lowest BCUT2D eigenvalue weighted by atomic mass is 10.0. The third kappa shape index (κ3) is 3.84. The molecule has 0 saturated heterocycles. The summed E-state index contributed by atoms with van der Waals surface area (Å²) in [7, 11) is 1.59. The zero-order valence-electron chi connectivity index (χ0n) is 16.6. The quantitative estimate of drug-likeness (QED) is 0.455. The van der Waals surface area contributed by atoms with E-state index in [4.69, 9.17) is 9.47 Å². The molecule has 0 aliphatic rings. The fourth-order valence-corrected chi connectivity index (χ4v) is 4.37. The van der Waals surface area contributed by atoms with Crippen LogP contribution in [0.15, 0.2) is 65.7 Å². The first-order chi connectivity index (χ1) is 14.6. The molecule has 1 heterocycles. The fraction of sp³-hybridized carbons (Fsp3) is 0.174. The summed E-state index contributed by atoms with van der Waals surface area (Å²) in [6.45, 7) is 2.02. The van der Waals surface area contributed by atoms with Crippen molar-refractivity contribution in [2.75, 3.05) is 13.7 Å². The van der Waals surface area contributed by atoms with Crippen LogP contribution in [0, 0.1) is 0 Å². The van der Waals surface area contributed by atoms with Gasteiger partial charge in [0, 0.05) is 5.56 Å². The van der Waals surface area contributed by atoms with Gasteiger partial charge in [-0.3, -0.25) is 9.59 Å². The van der Waals surface area contributed by atoms with E-state index in [-0.39, 0.29) is 25.0 Å². The van der Waals surface area contributed by atoms with Gasteiger partial charge in [-0.1, -0.05) is 47.7 Å². The number of carbonyl (C=O) groups is 2. The van der Waals surface area contributed by atoms with Gasteiger partial charge < -0.3 is 14.0 Å². The summed E-state index contributed by atoms with van der Waals surface area (Å²) in [5.41, 5.74) is 1.31. The van der Waals surface area contributed by atoms with Crippen molar-refractivity contribution in [3.8, 4) is 5.75 Å². The molecular weight excluding hydrogens is 400 g/mol. The van der Waals surface area contributed by atoms with Crippen molar-refractivity contribution in [1.82, 2.24) is 4.57 Å². The lowest BCUT2D eigenvalue weighted by molar-refractivity contribution is -0.143. The van der Waals surface area contributed by atoms with E-state index in [2.05, 4.69) is 4.99 Å². The van der Waals surface area contributed by atoms with Gasteiger partial charge in [0.2, 0.25) is 0 Å². The second kappa shape index (κ2) is 8.51. The van der Waals surface area contributed by atoms with Crippen LogP contribution in [0.5, 0.6) is 5.75 Å². The van der Waals surface area contributed by atoms with E-state index in [0.29, 0.717) is 16.1 Å². The number of esters is 1. The zero-order valence-corrected chi connectivity index (χ0v) is 17.4. The topological polar surface area (TPSA) is 69.9 Å². The maximum atomic E-state index is 13.1. The normalized spacial score (nSPS) is 11.7. The van der Waals surface area contributed by atoms with Crippen LogP contribution in [-0.2, 0) is 16.1 Å². The Morgan fingerprint density at radius 1 is 1.07 bits per heavy atom. The van der Waals surface area contributed by atoms with Crippen molar-refractivity contribution in [2.24, 2.45) is 4.99 Å². The van der Waals surface area contributed by atoms with Crippen molar-refractivity contribution >= 4 is 44.2 Å². The molecule has 1 aromatic heterocycles. The van der Waals surface area contributed by atoms with Crippen molar-refractivity contribution in [3.63, 3.8) is 0 Å². The molecule has 3 aromatic carbocycles. The number of aromatic nitrogens is 1. The van der Waals surface area contributed by atoms with Gasteiger partial charge in [0.15, 0.2) is 4.80 Å². The van der Waals surface area contributed by atoms with Crippen molar-refractivity contribution < 1.29 is 19.1 Å². The molecule has 1 amide bonds. The first kappa shape index (κ1) is 19.8. The molecule has 4 rings (SSSR count). The van der Waals surface area contributed by atoms with Gasteiger partial charge in [-0.25, -0.2) is 0 Å². The minimum absolute atomic E-state index is 0.0260. The number of benzene rings is 3. The van der Waals surface area contributed by atoms with E-state index in [1.165, 1.54) is 11.3 Å². The molecule has 0 fully saturated rings. The summed E-state index contributed by atoms with van der Waals surface area (Å²) < 4.78 is 13.0. The Balaban J connectivity index is 1.86. The molecule has 4 aromatic rings. The van der Waals surface area contributed by atoms with Gasteiger partial charge in [-0.15, -0.1) is 0 Å². The average Bonchev–Trinajstić information content (AvgIpc) is 3.09. The molecule has 30 heavy (non-hydrogen) atoms. The number of rotatable bonds is 5. The average molecular weight is 420 g/mol. The highest BCUT2D eigenvalue weighted by Crippen LogP contribution is 2.24. The minimum Gasteiger partial charge on any atom is -0.497 e. The molecule has 0 atom stereocenters. The highest BCUT2D eigenvalue weighted by molar-refractivity contribution is 7.16. The van der Waals surface area contributed by atoms with Gasteiger partial charge in [0.25, 0.3) is 5.91 Å². The van der Waals surface area contributed by atoms with Gasteiger partial charge in [-0.2, -0.15) is 4.99 Å². The van der Waals surface area contributed by atoms with E-state index >= 15 is 0 Å². The van der Waals surface area contributed by atoms with Gasteiger partial charge in [-0.05, 0) is 42.0 Å². The van der Waals surface area contributed by atoms with E-state index in [1.54, 1.807) is 24.7 Å². The van der Waals surface area contributed by atoms with Crippen LogP contribution in [-0.4, -0.2) is 30.2 Å². The number of amides is 1. The largest absolute Gasteiger partial charge is 0.497 e. The first-order valence-corrected chi connectivity index (χ1v) is 10.3. The van der Waals surface area contributed by atoms with E-state index in [9.17, 15) is 9.59 Å². The number of thiazole rings is 1. The number of hydrogen-bond donors (Lipinski definition) is 0. The molecule has 0 aliphatic heterocycles. The molecule has 0 radical (unpaired) electrons. The monoisotopic (exact) mass is 420 g/mol. The summed E-state index contributed by atoms with van der Waals surface area (Å²) in [5, 5.41) is 1.81. The van der Waals surface area contributed by atoms with Crippen molar-refractivity contribution in [2.45, 2.75) is 13.5 Å². The molecule has 152 valence electrons. The first-order valence-electron chi connectivity index (χ1n) is 9.50. The van der Waals surface area contributed by atoms with Gasteiger partial charge in [0.05, 0.1) is 23.9 Å². The van der Waals surface area contributed by atoms with Crippen LogP contribution in [0.1, 0.15) is 17.3 Å². The highest BCUT2D eigenvalue weighted by Gasteiger charge is 2.14. The summed E-state index contributed by atoms with van der Waals surface area (Å²) in [6, 6.07) is 18.8. The van der Waals surface area contributed by atoms with Crippen LogP contribution < -0.4 is 9.54 Å². The third-order valence-corrected chi connectivity index (χ3v) is 5.74. The molecule has 0 spiro atoms. The molecule has 7 heteroatoms. The number of ether oxygens (including phenoxy) is 2. The van der Waals surface area contributed by atoms with Gasteiger partial charge >= 0.3 is 5.97 Å². The lowest BCUT2D eigenvalue weighted by Crippen LogP contribution is -2.23. The highest BCUT2D eigenvalue weighted by atomic mass is 32.1. The number of fused-ring (bicyclic) bond motifs is 2. The number of nitrogens with zero attached hydrogens (tertiary/aromatic N) is 2. The Labute approximate surface area is 177 Å². The van der Waals surface area contributed by atoms with Gasteiger partial charge in [0.1, 0.15) is 12.3 Å². The number of hydrogen-bond acceptors (Lipinski definition) is 5. The molecule has 0 aliphatic carbocycles. The predicted octanol–water partition coefficient (Wildman–Crippen LogP) is 4.17. The van der Waals surface area contributed by atoms with Crippen LogP contribution in [0.2, 0.25) is 0 Å². The summed E-state index contributed by atoms with van der Waals surface area (Å²) >= 11 is 1.33. The van der Waals surface area contributed by atoms with Crippen molar-refractivity contribution in [1.29, 1.82) is 0 Å². The van der Waals surface area contributed by atoms with E-state index in [0.717, 1.165) is 21.0 Å². The maximum absolute atomic E-state index is 13.1. The Hall–Kier alpha value is -3.45. The van der Waals surface area contributed by atoms with Crippen LogP contribution >= 0.6 is 11.3 Å². The van der Waals surface area contributed by atoms with Crippen molar-refractivity contribution in [3.05, 3.63) is 71.0 Å². The third-order valence-electron chi connectivity index (χ3n) is 4.70. The Kier molecular flexibility index (Phi) is 5.63.